The highest BCUT2D eigenvalue weighted by molar-refractivity contribution is 5.72. The van der Waals surface area contributed by atoms with Crippen LogP contribution in [0.15, 0.2) is 42.5 Å². The summed E-state index contributed by atoms with van der Waals surface area (Å²) >= 11 is 0. The minimum atomic E-state index is -0.963. The summed E-state index contributed by atoms with van der Waals surface area (Å²) in [7, 11) is 1.32. The van der Waals surface area contributed by atoms with Crippen LogP contribution in [0.3, 0.4) is 0 Å². The van der Waals surface area contributed by atoms with E-state index in [1.54, 1.807) is 18.2 Å². The van der Waals surface area contributed by atoms with Gasteiger partial charge in [-0.15, -0.1) is 0 Å². The van der Waals surface area contributed by atoms with Crippen LogP contribution in [0.1, 0.15) is 11.1 Å². The molecule has 0 spiro atoms. The second kappa shape index (κ2) is 6.83. The quantitative estimate of drug-likeness (QED) is 0.794. The molecule has 0 heterocycles. The topological polar surface area (TPSA) is 35.5 Å². The predicted octanol–water partition coefficient (Wildman–Crippen LogP) is 3.26. The Morgan fingerprint density at radius 3 is 2.43 bits per heavy atom. The van der Waals surface area contributed by atoms with Crippen LogP contribution < -0.4 is 4.74 Å². The Kier molecular flexibility index (Phi) is 4.87. The molecule has 2 aromatic carbocycles. The predicted molar refractivity (Wildman–Crippen MR) is 72.9 cm³/mol. The Hall–Kier alpha value is -2.43. The summed E-state index contributed by atoms with van der Waals surface area (Å²) in [5.41, 5.74) is 1.56. The molecule has 21 heavy (non-hydrogen) atoms. The fraction of sp³-hybridized carbons (Fsp3) is 0.188. The van der Waals surface area contributed by atoms with Crippen LogP contribution in [0, 0.1) is 11.6 Å². The molecule has 0 unspecified atom stereocenters. The van der Waals surface area contributed by atoms with Crippen LogP contribution >= 0.6 is 0 Å². The number of methoxy groups -OCH3 is 1. The van der Waals surface area contributed by atoms with Gasteiger partial charge in [0.25, 0.3) is 0 Å². The molecular formula is C16H14F2O3. The largest absolute Gasteiger partial charge is 0.489 e. The van der Waals surface area contributed by atoms with Gasteiger partial charge in [0.1, 0.15) is 12.4 Å². The Morgan fingerprint density at radius 2 is 1.76 bits per heavy atom. The van der Waals surface area contributed by atoms with Crippen molar-refractivity contribution in [3.05, 3.63) is 65.2 Å². The number of rotatable bonds is 5. The van der Waals surface area contributed by atoms with Crippen molar-refractivity contribution in [1.82, 2.24) is 0 Å². The van der Waals surface area contributed by atoms with Crippen molar-refractivity contribution >= 4 is 5.97 Å². The maximum absolute atomic E-state index is 13.1. The number of ether oxygens (including phenoxy) is 2. The van der Waals surface area contributed by atoms with Gasteiger partial charge in [0.15, 0.2) is 11.6 Å². The van der Waals surface area contributed by atoms with Gasteiger partial charge < -0.3 is 9.47 Å². The Bertz CT molecular complexity index is 641. The lowest BCUT2D eigenvalue weighted by atomic mass is 10.1. The highest BCUT2D eigenvalue weighted by Crippen LogP contribution is 2.18. The molecule has 0 saturated carbocycles. The van der Waals surface area contributed by atoms with Gasteiger partial charge in [0.2, 0.25) is 0 Å². The molecular weight excluding hydrogens is 278 g/mol. The molecule has 0 aliphatic heterocycles. The molecule has 0 fully saturated rings. The lowest BCUT2D eigenvalue weighted by Gasteiger charge is -2.10. The van der Waals surface area contributed by atoms with Gasteiger partial charge in [-0.1, -0.05) is 24.3 Å². The van der Waals surface area contributed by atoms with Gasteiger partial charge in [-0.2, -0.15) is 0 Å². The third kappa shape index (κ3) is 4.02. The van der Waals surface area contributed by atoms with Crippen molar-refractivity contribution in [3.8, 4) is 5.75 Å². The zero-order valence-corrected chi connectivity index (χ0v) is 11.4. The van der Waals surface area contributed by atoms with Crippen LogP contribution in [-0.2, 0) is 22.6 Å². The SMILES string of the molecule is COC(=O)Cc1ccccc1COc1ccc(F)c(F)c1. The van der Waals surface area contributed by atoms with Crippen LogP contribution in [0.5, 0.6) is 5.75 Å². The van der Waals surface area contributed by atoms with Crippen LogP contribution in [0.4, 0.5) is 8.78 Å². The first-order chi connectivity index (χ1) is 10.1. The van der Waals surface area contributed by atoms with E-state index in [0.717, 1.165) is 23.3 Å². The number of esters is 1. The average Bonchev–Trinajstić information content (AvgIpc) is 2.49. The van der Waals surface area contributed by atoms with Crippen LogP contribution in [0.2, 0.25) is 0 Å². The first-order valence-corrected chi connectivity index (χ1v) is 6.31. The van der Waals surface area contributed by atoms with E-state index in [4.69, 9.17) is 4.74 Å². The molecule has 2 rings (SSSR count). The van der Waals surface area contributed by atoms with E-state index in [9.17, 15) is 13.6 Å². The Morgan fingerprint density at radius 1 is 1.05 bits per heavy atom. The van der Waals surface area contributed by atoms with Gasteiger partial charge in [-0.05, 0) is 23.3 Å². The molecule has 0 amide bonds. The van der Waals surface area contributed by atoms with Crippen molar-refractivity contribution in [1.29, 1.82) is 0 Å². The highest BCUT2D eigenvalue weighted by atomic mass is 19.2. The van der Waals surface area contributed by atoms with Crippen molar-refractivity contribution in [2.45, 2.75) is 13.0 Å². The number of hydrogen-bond donors (Lipinski definition) is 0. The average molecular weight is 292 g/mol. The molecule has 0 N–H and O–H groups in total. The fourth-order valence-corrected chi connectivity index (χ4v) is 1.83. The maximum Gasteiger partial charge on any atom is 0.309 e. The van der Waals surface area contributed by atoms with Gasteiger partial charge in [0.05, 0.1) is 13.5 Å². The van der Waals surface area contributed by atoms with Crippen molar-refractivity contribution < 1.29 is 23.0 Å². The van der Waals surface area contributed by atoms with E-state index in [-0.39, 0.29) is 24.7 Å². The summed E-state index contributed by atoms with van der Waals surface area (Å²) in [4.78, 5) is 11.3. The molecule has 0 aromatic heterocycles. The van der Waals surface area contributed by atoms with E-state index >= 15 is 0 Å². The zero-order valence-electron chi connectivity index (χ0n) is 11.4. The summed E-state index contributed by atoms with van der Waals surface area (Å²) < 4.78 is 36.0. The van der Waals surface area contributed by atoms with Crippen molar-refractivity contribution in [3.63, 3.8) is 0 Å². The summed E-state index contributed by atoms with van der Waals surface area (Å²) in [6.45, 7) is 0.151. The second-order valence-electron chi connectivity index (χ2n) is 4.39. The van der Waals surface area contributed by atoms with E-state index < -0.39 is 11.6 Å². The van der Waals surface area contributed by atoms with E-state index in [1.807, 2.05) is 6.07 Å². The van der Waals surface area contributed by atoms with E-state index in [1.165, 1.54) is 13.2 Å². The monoisotopic (exact) mass is 292 g/mol. The summed E-state index contributed by atoms with van der Waals surface area (Å²) in [5, 5.41) is 0. The summed E-state index contributed by atoms with van der Waals surface area (Å²) in [6.07, 6.45) is 0.133. The van der Waals surface area contributed by atoms with E-state index in [0.29, 0.717) is 0 Å². The third-order valence-corrected chi connectivity index (χ3v) is 2.97. The smallest absolute Gasteiger partial charge is 0.309 e. The van der Waals surface area contributed by atoms with Gasteiger partial charge in [0, 0.05) is 6.07 Å². The van der Waals surface area contributed by atoms with Crippen LogP contribution in [-0.4, -0.2) is 13.1 Å². The fourth-order valence-electron chi connectivity index (χ4n) is 1.83. The molecule has 0 radical (unpaired) electrons. The van der Waals surface area contributed by atoms with Crippen LogP contribution in [0.25, 0.3) is 0 Å². The molecule has 0 aliphatic carbocycles. The minimum Gasteiger partial charge on any atom is -0.489 e. The first kappa shape index (κ1) is 15.0. The molecule has 0 bridgehead atoms. The molecule has 0 saturated heterocycles. The van der Waals surface area contributed by atoms with E-state index in [2.05, 4.69) is 4.74 Å². The number of hydrogen-bond acceptors (Lipinski definition) is 3. The normalized spacial score (nSPS) is 10.2. The number of carbonyl (C=O) groups excluding carboxylic acids is 1. The first-order valence-electron chi connectivity index (χ1n) is 6.31. The Labute approximate surface area is 121 Å². The minimum absolute atomic E-state index is 0.133. The van der Waals surface area contributed by atoms with Gasteiger partial charge in [-0.3, -0.25) is 4.79 Å². The van der Waals surface area contributed by atoms with Gasteiger partial charge in [-0.25, -0.2) is 8.78 Å². The molecule has 110 valence electrons. The Balaban J connectivity index is 2.09. The molecule has 2 aromatic rings. The molecule has 3 nitrogen and oxygen atoms in total. The van der Waals surface area contributed by atoms with Crippen molar-refractivity contribution in [2.24, 2.45) is 0 Å². The lowest BCUT2D eigenvalue weighted by Crippen LogP contribution is -2.08. The second-order valence-corrected chi connectivity index (χ2v) is 4.39. The zero-order chi connectivity index (χ0) is 15.2. The highest BCUT2D eigenvalue weighted by Gasteiger charge is 2.09. The van der Waals surface area contributed by atoms with Gasteiger partial charge >= 0.3 is 5.97 Å². The number of benzene rings is 2. The standard InChI is InChI=1S/C16H14F2O3/c1-20-16(19)8-11-4-2-3-5-12(11)10-21-13-6-7-14(17)15(18)9-13/h2-7,9H,8,10H2,1H3. The maximum atomic E-state index is 13.1. The molecule has 5 heteroatoms. The number of halogens is 2. The summed E-state index contributed by atoms with van der Waals surface area (Å²) in [6, 6.07) is 10.5. The van der Waals surface area contributed by atoms with Crippen molar-refractivity contribution in [2.75, 3.05) is 7.11 Å². The molecule has 0 aliphatic rings. The third-order valence-electron chi connectivity index (χ3n) is 2.97. The summed E-state index contributed by atoms with van der Waals surface area (Å²) in [5.74, 6) is -2.01. The lowest BCUT2D eigenvalue weighted by molar-refractivity contribution is -0.139. The number of carbonyl (C=O) groups is 1. The molecule has 0 atom stereocenters.